The molecule has 3 heterocycles. The van der Waals surface area contributed by atoms with Crippen LogP contribution in [0.4, 0.5) is 14.6 Å². The van der Waals surface area contributed by atoms with E-state index in [-0.39, 0.29) is 22.9 Å². The minimum absolute atomic E-state index is 0.00406. The van der Waals surface area contributed by atoms with E-state index in [0.29, 0.717) is 41.3 Å². The van der Waals surface area contributed by atoms with Gasteiger partial charge in [-0.05, 0) is 38.7 Å². The Labute approximate surface area is 178 Å². The molecule has 1 N–H and O–H groups in total. The van der Waals surface area contributed by atoms with Crippen molar-refractivity contribution in [3.05, 3.63) is 53.0 Å². The number of rotatable bonds is 5. The Kier molecular flexibility index (Phi) is 4.68. The van der Waals surface area contributed by atoms with Gasteiger partial charge in [0.05, 0.1) is 10.9 Å². The van der Waals surface area contributed by atoms with Crippen LogP contribution in [0.5, 0.6) is 0 Å². The summed E-state index contributed by atoms with van der Waals surface area (Å²) in [7, 11) is 0. The second kappa shape index (κ2) is 7.28. The number of likely N-dealkylation sites (tertiary alicyclic amines) is 1. The number of aryl methyl sites for hydroxylation is 1. The lowest BCUT2D eigenvalue weighted by atomic mass is 9.97. The van der Waals surface area contributed by atoms with Crippen LogP contribution in [-0.2, 0) is 0 Å². The zero-order valence-corrected chi connectivity index (χ0v) is 17.5. The molecular formula is C23H24F2N4O2. The summed E-state index contributed by atoms with van der Waals surface area (Å²) in [5.74, 6) is 1.16. The molecule has 8 heteroatoms. The average Bonchev–Trinajstić information content (AvgIpc) is 3.16. The smallest absolute Gasteiger partial charge is 0.263 e. The van der Waals surface area contributed by atoms with Crippen molar-refractivity contribution in [2.45, 2.75) is 51.0 Å². The van der Waals surface area contributed by atoms with Crippen molar-refractivity contribution in [3.63, 3.8) is 0 Å². The van der Waals surface area contributed by atoms with Crippen molar-refractivity contribution in [2.24, 2.45) is 0 Å². The van der Waals surface area contributed by atoms with E-state index in [9.17, 15) is 13.6 Å². The number of carbonyl (C=O) groups excluding carboxylic acids is 1. The minimum atomic E-state index is -2.48. The van der Waals surface area contributed by atoms with E-state index in [0.717, 1.165) is 24.8 Å². The Morgan fingerprint density at radius 1 is 1.26 bits per heavy atom. The molecule has 2 fully saturated rings. The fourth-order valence-electron chi connectivity index (χ4n) is 4.28. The van der Waals surface area contributed by atoms with Crippen molar-refractivity contribution >= 4 is 22.8 Å². The van der Waals surface area contributed by atoms with Crippen LogP contribution in [0.2, 0.25) is 0 Å². The van der Waals surface area contributed by atoms with Gasteiger partial charge in [-0.25, -0.2) is 18.7 Å². The summed E-state index contributed by atoms with van der Waals surface area (Å²) >= 11 is 0. The molecule has 2 aliphatic rings. The first kappa shape index (κ1) is 19.9. The van der Waals surface area contributed by atoms with Crippen molar-refractivity contribution in [3.8, 4) is 0 Å². The third-order valence-electron chi connectivity index (χ3n) is 6.43. The van der Waals surface area contributed by atoms with Crippen LogP contribution < -0.4 is 5.32 Å². The predicted octanol–water partition coefficient (Wildman–Crippen LogP) is 5.06. The third-order valence-corrected chi connectivity index (χ3v) is 6.43. The Hall–Kier alpha value is -3.03. The normalized spacial score (nSPS) is 19.9. The Bertz CT molecular complexity index is 1140. The molecule has 5 rings (SSSR count). The number of anilines is 1. The number of nitrogens with one attached hydrogen (secondary N) is 1. The molecule has 1 aliphatic heterocycles. The van der Waals surface area contributed by atoms with Crippen molar-refractivity contribution < 1.29 is 18.0 Å². The second-order valence-corrected chi connectivity index (χ2v) is 8.83. The van der Waals surface area contributed by atoms with E-state index >= 15 is 0 Å². The molecule has 0 radical (unpaired) electrons. The molecule has 1 aliphatic carbocycles. The summed E-state index contributed by atoms with van der Waals surface area (Å²) < 4.78 is 31.5. The molecule has 1 unspecified atom stereocenters. The molecule has 1 saturated carbocycles. The fourth-order valence-corrected chi connectivity index (χ4v) is 4.28. The molecule has 1 aromatic carbocycles. The maximum atomic E-state index is 13.5. The van der Waals surface area contributed by atoms with Gasteiger partial charge in [0.2, 0.25) is 5.71 Å². The lowest BCUT2D eigenvalue weighted by Crippen LogP contribution is -2.29. The minimum Gasteiger partial charge on any atom is -0.442 e. The van der Waals surface area contributed by atoms with Crippen molar-refractivity contribution in [2.75, 3.05) is 18.4 Å². The number of nitrogens with zero attached hydrogens (tertiary/aromatic N) is 3. The maximum Gasteiger partial charge on any atom is 0.263 e. The number of aromatic nitrogens is 2. The van der Waals surface area contributed by atoms with Crippen LogP contribution in [0.15, 0.2) is 35.0 Å². The summed E-state index contributed by atoms with van der Waals surface area (Å²) in [4.78, 5) is 23.9. The zero-order chi connectivity index (χ0) is 21.8. The molecule has 162 valence electrons. The van der Waals surface area contributed by atoms with E-state index in [2.05, 4.69) is 22.2 Å². The van der Waals surface area contributed by atoms with Gasteiger partial charge in [-0.2, -0.15) is 0 Å². The number of carbonyl (C=O) groups is 1. The van der Waals surface area contributed by atoms with Gasteiger partial charge in [0, 0.05) is 30.1 Å². The highest BCUT2D eigenvalue weighted by Gasteiger charge is 2.39. The summed E-state index contributed by atoms with van der Waals surface area (Å²) in [6.07, 6.45) is 1.86. The molecule has 3 aromatic rings. The predicted molar refractivity (Wildman–Crippen MR) is 112 cm³/mol. The molecule has 31 heavy (non-hydrogen) atoms. The molecule has 1 amide bonds. The largest absolute Gasteiger partial charge is 0.442 e. The van der Waals surface area contributed by atoms with E-state index in [1.807, 2.05) is 0 Å². The lowest BCUT2D eigenvalue weighted by Gasteiger charge is -2.18. The second-order valence-electron chi connectivity index (χ2n) is 8.83. The van der Waals surface area contributed by atoms with Gasteiger partial charge < -0.3 is 14.6 Å². The topological polar surface area (TPSA) is 71.3 Å². The summed E-state index contributed by atoms with van der Waals surface area (Å²) in [5, 5.41) is 4.07. The Morgan fingerprint density at radius 2 is 2.00 bits per heavy atom. The van der Waals surface area contributed by atoms with Crippen LogP contribution in [0.3, 0.4) is 0 Å². The number of furan rings is 1. The average molecular weight is 426 g/mol. The summed E-state index contributed by atoms with van der Waals surface area (Å²) in [6, 6.07) is 6.41. The monoisotopic (exact) mass is 426 g/mol. The first-order chi connectivity index (χ1) is 14.8. The van der Waals surface area contributed by atoms with Gasteiger partial charge in [-0.1, -0.05) is 24.3 Å². The molecule has 2 aromatic heterocycles. The van der Waals surface area contributed by atoms with Crippen LogP contribution in [-0.4, -0.2) is 39.4 Å². The number of hydrogen-bond acceptors (Lipinski definition) is 5. The highest BCUT2D eigenvalue weighted by molar-refractivity contribution is 6.10. The SMILES string of the molecule is Cc1oc2ncnc(NC3(C)CC3)c2c1C(=O)N1CCC(c2ccc(C(F)F)cc2)C1. The van der Waals surface area contributed by atoms with Gasteiger partial charge in [0.25, 0.3) is 12.3 Å². The van der Waals surface area contributed by atoms with Crippen LogP contribution in [0.25, 0.3) is 11.1 Å². The van der Waals surface area contributed by atoms with Gasteiger partial charge in [0.1, 0.15) is 17.9 Å². The fraction of sp³-hybridized carbons (Fsp3) is 0.435. The van der Waals surface area contributed by atoms with Gasteiger partial charge in [0.15, 0.2) is 0 Å². The Balaban J connectivity index is 1.41. The van der Waals surface area contributed by atoms with E-state index in [1.54, 1.807) is 24.0 Å². The molecule has 0 spiro atoms. The quantitative estimate of drug-likeness (QED) is 0.617. The molecular weight excluding hydrogens is 402 g/mol. The highest BCUT2D eigenvalue weighted by Crippen LogP contribution is 2.41. The van der Waals surface area contributed by atoms with Gasteiger partial charge >= 0.3 is 0 Å². The summed E-state index contributed by atoms with van der Waals surface area (Å²) in [6.45, 7) is 5.03. The van der Waals surface area contributed by atoms with Gasteiger partial charge in [-0.15, -0.1) is 0 Å². The number of benzene rings is 1. The van der Waals surface area contributed by atoms with Crippen LogP contribution in [0, 0.1) is 6.92 Å². The van der Waals surface area contributed by atoms with Crippen molar-refractivity contribution in [1.29, 1.82) is 0 Å². The van der Waals surface area contributed by atoms with E-state index < -0.39 is 6.43 Å². The third kappa shape index (κ3) is 3.64. The van der Waals surface area contributed by atoms with E-state index in [4.69, 9.17) is 4.42 Å². The standard InChI is InChI=1S/C23H24F2N4O2/c1-13-17(18-20(28-23(2)8-9-23)26-12-27-21(18)31-13)22(30)29-10-7-16(11-29)14-3-5-15(6-4-14)19(24)25/h3-6,12,16,19H,7-11H2,1-2H3,(H,26,27,28). The zero-order valence-electron chi connectivity index (χ0n) is 17.5. The van der Waals surface area contributed by atoms with Crippen LogP contribution in [0.1, 0.15) is 65.8 Å². The Morgan fingerprint density at radius 3 is 2.68 bits per heavy atom. The number of amides is 1. The molecule has 1 atom stereocenters. The number of fused-ring (bicyclic) bond motifs is 1. The van der Waals surface area contributed by atoms with Gasteiger partial charge in [-0.3, -0.25) is 4.79 Å². The first-order valence-electron chi connectivity index (χ1n) is 10.5. The van der Waals surface area contributed by atoms with Crippen molar-refractivity contribution in [1.82, 2.24) is 14.9 Å². The molecule has 6 nitrogen and oxygen atoms in total. The number of alkyl halides is 2. The summed E-state index contributed by atoms with van der Waals surface area (Å²) in [5.41, 5.74) is 1.88. The number of hydrogen-bond donors (Lipinski definition) is 1. The van der Waals surface area contributed by atoms with Crippen LogP contribution >= 0.6 is 0 Å². The maximum absolute atomic E-state index is 13.5. The lowest BCUT2D eigenvalue weighted by molar-refractivity contribution is 0.0790. The highest BCUT2D eigenvalue weighted by atomic mass is 19.3. The molecule has 1 saturated heterocycles. The number of halogens is 2. The van der Waals surface area contributed by atoms with E-state index in [1.165, 1.54) is 18.5 Å². The first-order valence-corrected chi connectivity index (χ1v) is 10.5. The molecule has 0 bridgehead atoms.